The number of ether oxygens (including phenoxy) is 3. The van der Waals surface area contributed by atoms with Crippen molar-refractivity contribution in [2.24, 2.45) is 0 Å². The van der Waals surface area contributed by atoms with Gasteiger partial charge in [0.2, 0.25) is 6.10 Å². The molecular weight excluding hydrogens is 378 g/mol. The Morgan fingerprint density at radius 1 is 1.03 bits per heavy atom. The predicted molar refractivity (Wildman–Crippen MR) is 101 cm³/mol. The highest BCUT2D eigenvalue weighted by atomic mass is 16.6. The quantitative estimate of drug-likeness (QED) is 0.453. The highest BCUT2D eigenvalue weighted by molar-refractivity contribution is 5.95. The van der Waals surface area contributed by atoms with Crippen LogP contribution in [0.2, 0.25) is 0 Å². The van der Waals surface area contributed by atoms with Crippen molar-refractivity contribution in [2.45, 2.75) is 6.10 Å². The number of aromatic nitrogens is 1. The van der Waals surface area contributed by atoms with Gasteiger partial charge in [-0.2, -0.15) is 0 Å². The minimum absolute atomic E-state index is 0.00802. The Balaban J connectivity index is 1.24. The first-order valence-corrected chi connectivity index (χ1v) is 8.82. The molecule has 0 spiro atoms. The molecule has 0 saturated carbocycles. The van der Waals surface area contributed by atoms with Crippen LogP contribution in [-0.2, 0) is 14.3 Å². The Labute approximate surface area is 164 Å². The number of benzene rings is 2. The van der Waals surface area contributed by atoms with Crippen LogP contribution in [0.25, 0.3) is 10.9 Å². The molecule has 4 rings (SSSR count). The van der Waals surface area contributed by atoms with Crippen molar-refractivity contribution in [3.8, 4) is 11.5 Å². The molecule has 0 bridgehead atoms. The summed E-state index contributed by atoms with van der Waals surface area (Å²) in [4.78, 5) is 39.0. The molecule has 29 heavy (non-hydrogen) atoms. The van der Waals surface area contributed by atoms with E-state index in [0.29, 0.717) is 11.5 Å². The first-order valence-electron chi connectivity index (χ1n) is 8.82. The number of fused-ring (bicyclic) bond motifs is 2. The van der Waals surface area contributed by atoms with Crippen molar-refractivity contribution in [1.82, 2.24) is 15.8 Å². The summed E-state index contributed by atoms with van der Waals surface area (Å²) in [7, 11) is 0. The molecule has 3 aromatic rings. The van der Waals surface area contributed by atoms with Crippen molar-refractivity contribution in [2.75, 3.05) is 13.2 Å². The second-order valence-corrected chi connectivity index (χ2v) is 6.25. The van der Waals surface area contributed by atoms with Crippen molar-refractivity contribution < 1.29 is 28.6 Å². The molecule has 2 heterocycles. The molecule has 1 aliphatic heterocycles. The fourth-order valence-electron chi connectivity index (χ4n) is 2.79. The number of hydrogen-bond acceptors (Lipinski definition) is 6. The molecule has 1 aromatic heterocycles. The third kappa shape index (κ3) is 4.13. The number of aromatic amines is 1. The van der Waals surface area contributed by atoms with Gasteiger partial charge in [-0.05, 0) is 24.3 Å². The van der Waals surface area contributed by atoms with Gasteiger partial charge >= 0.3 is 5.97 Å². The van der Waals surface area contributed by atoms with Gasteiger partial charge in [-0.3, -0.25) is 20.4 Å². The van der Waals surface area contributed by atoms with Crippen LogP contribution in [0.15, 0.2) is 54.6 Å². The summed E-state index contributed by atoms with van der Waals surface area (Å²) >= 11 is 0. The molecule has 0 fully saturated rings. The summed E-state index contributed by atoms with van der Waals surface area (Å²) in [6.45, 7) is -0.548. The zero-order valence-corrected chi connectivity index (χ0v) is 15.1. The first-order chi connectivity index (χ1) is 14.1. The highest BCUT2D eigenvalue weighted by Crippen LogP contribution is 2.30. The molecule has 9 nitrogen and oxygen atoms in total. The molecule has 0 aliphatic carbocycles. The maximum atomic E-state index is 12.1. The lowest BCUT2D eigenvalue weighted by atomic mass is 10.2. The van der Waals surface area contributed by atoms with Crippen LogP contribution in [0.1, 0.15) is 10.5 Å². The number of nitrogens with one attached hydrogen (secondary N) is 3. The van der Waals surface area contributed by atoms with Gasteiger partial charge < -0.3 is 19.2 Å². The maximum absolute atomic E-state index is 12.1. The molecular formula is C20H17N3O6. The van der Waals surface area contributed by atoms with Crippen LogP contribution < -0.4 is 20.3 Å². The second kappa shape index (κ2) is 7.93. The summed E-state index contributed by atoms with van der Waals surface area (Å²) < 4.78 is 15.9. The summed E-state index contributed by atoms with van der Waals surface area (Å²) in [6.07, 6.45) is -0.918. The van der Waals surface area contributed by atoms with E-state index in [0.717, 1.165) is 10.9 Å². The molecule has 0 radical (unpaired) electrons. The number of hydrazine groups is 1. The molecule has 3 N–H and O–H groups in total. The molecule has 9 heteroatoms. The summed E-state index contributed by atoms with van der Waals surface area (Å²) in [5.74, 6) is -0.972. The number of para-hydroxylation sites is 3. The summed E-state index contributed by atoms with van der Waals surface area (Å²) in [5.41, 5.74) is 5.42. The van der Waals surface area contributed by atoms with Crippen LogP contribution >= 0.6 is 0 Å². The van der Waals surface area contributed by atoms with Crippen molar-refractivity contribution in [1.29, 1.82) is 0 Å². The van der Waals surface area contributed by atoms with E-state index in [2.05, 4.69) is 15.8 Å². The van der Waals surface area contributed by atoms with Gasteiger partial charge in [0.1, 0.15) is 12.3 Å². The monoisotopic (exact) mass is 395 g/mol. The fourth-order valence-corrected chi connectivity index (χ4v) is 2.79. The molecule has 0 saturated heterocycles. The van der Waals surface area contributed by atoms with E-state index in [1.165, 1.54) is 0 Å². The Bertz CT molecular complexity index is 1040. The number of carbonyl (C=O) groups is 3. The minimum Gasteiger partial charge on any atom is -0.485 e. The lowest BCUT2D eigenvalue weighted by Gasteiger charge is -2.25. The van der Waals surface area contributed by atoms with Gasteiger partial charge in [0.25, 0.3) is 11.8 Å². The zero-order valence-electron chi connectivity index (χ0n) is 15.1. The Kier molecular flexibility index (Phi) is 5.02. The average molecular weight is 395 g/mol. The molecule has 2 amide bonds. The van der Waals surface area contributed by atoms with E-state index >= 15 is 0 Å². The summed E-state index contributed by atoms with van der Waals surface area (Å²) in [6, 6.07) is 15.9. The average Bonchev–Trinajstić information content (AvgIpc) is 3.20. The first kappa shape index (κ1) is 18.4. The van der Waals surface area contributed by atoms with E-state index in [1.807, 2.05) is 24.3 Å². The van der Waals surface area contributed by atoms with Gasteiger partial charge in [-0.25, -0.2) is 4.79 Å². The van der Waals surface area contributed by atoms with Crippen LogP contribution in [0.5, 0.6) is 11.5 Å². The smallest absolute Gasteiger partial charge is 0.355 e. The zero-order chi connectivity index (χ0) is 20.2. The topological polar surface area (TPSA) is 119 Å². The number of H-pyrrole nitrogens is 1. The van der Waals surface area contributed by atoms with E-state index in [-0.39, 0.29) is 12.3 Å². The van der Waals surface area contributed by atoms with E-state index in [4.69, 9.17) is 14.2 Å². The van der Waals surface area contributed by atoms with Gasteiger partial charge in [0.15, 0.2) is 18.1 Å². The van der Waals surface area contributed by atoms with E-state index in [1.54, 1.807) is 30.3 Å². The molecule has 148 valence electrons. The second-order valence-electron chi connectivity index (χ2n) is 6.25. The van der Waals surface area contributed by atoms with Crippen LogP contribution in [0.3, 0.4) is 0 Å². The SMILES string of the molecule is O=C(COC(=O)c1cc2ccccc2[nH]1)NNC(=O)[C@H]1COc2ccccc2O1. The number of esters is 1. The number of hydrogen-bond donors (Lipinski definition) is 3. The number of amides is 2. The third-order valence-corrected chi connectivity index (χ3v) is 4.21. The largest absolute Gasteiger partial charge is 0.485 e. The van der Waals surface area contributed by atoms with Crippen molar-refractivity contribution in [3.05, 3.63) is 60.3 Å². The normalized spacial score (nSPS) is 14.8. The maximum Gasteiger partial charge on any atom is 0.355 e. The molecule has 0 unspecified atom stereocenters. The molecule has 1 aliphatic rings. The van der Waals surface area contributed by atoms with Gasteiger partial charge in [0, 0.05) is 10.9 Å². The van der Waals surface area contributed by atoms with Crippen LogP contribution in [0.4, 0.5) is 0 Å². The Morgan fingerprint density at radius 3 is 2.62 bits per heavy atom. The minimum atomic E-state index is -0.918. The van der Waals surface area contributed by atoms with Gasteiger partial charge in [-0.1, -0.05) is 30.3 Å². The highest BCUT2D eigenvalue weighted by Gasteiger charge is 2.27. The van der Waals surface area contributed by atoms with E-state index < -0.39 is 30.5 Å². The lowest BCUT2D eigenvalue weighted by Crippen LogP contribution is -2.51. The van der Waals surface area contributed by atoms with E-state index in [9.17, 15) is 14.4 Å². The number of rotatable bonds is 4. The third-order valence-electron chi connectivity index (χ3n) is 4.21. The Morgan fingerprint density at radius 2 is 1.79 bits per heavy atom. The molecule has 2 aromatic carbocycles. The summed E-state index contributed by atoms with van der Waals surface area (Å²) in [5, 5.41) is 0.854. The lowest BCUT2D eigenvalue weighted by molar-refractivity contribution is -0.135. The standard InChI is InChI=1S/C20H17N3O6/c24-18(11-28-20(26)14-9-12-5-1-2-6-13(12)21-14)22-23-19(25)17-10-27-15-7-3-4-8-16(15)29-17/h1-9,17,21H,10-11H2,(H,22,24)(H,23,25)/t17-/m1/s1. The van der Waals surface area contributed by atoms with Gasteiger partial charge in [0.05, 0.1) is 0 Å². The van der Waals surface area contributed by atoms with Crippen molar-refractivity contribution in [3.63, 3.8) is 0 Å². The van der Waals surface area contributed by atoms with Crippen LogP contribution in [-0.4, -0.2) is 42.1 Å². The van der Waals surface area contributed by atoms with Gasteiger partial charge in [-0.15, -0.1) is 0 Å². The van der Waals surface area contributed by atoms with Crippen molar-refractivity contribution >= 4 is 28.7 Å². The number of carbonyl (C=O) groups excluding carboxylic acids is 3. The molecule has 1 atom stereocenters. The Hall–Kier alpha value is -4.01. The predicted octanol–water partition coefficient (Wildman–Crippen LogP) is 1.31. The fraction of sp³-hybridized carbons (Fsp3) is 0.150. The van der Waals surface area contributed by atoms with Crippen LogP contribution in [0, 0.1) is 0 Å².